The summed E-state index contributed by atoms with van der Waals surface area (Å²) in [5.41, 5.74) is 2.22. The van der Waals surface area contributed by atoms with E-state index in [1.807, 2.05) is 37.4 Å². The molecule has 0 saturated carbocycles. The maximum absolute atomic E-state index is 5.80. The summed E-state index contributed by atoms with van der Waals surface area (Å²) in [7, 11) is 1.93. The van der Waals surface area contributed by atoms with Crippen LogP contribution in [0, 0.1) is 0 Å². The summed E-state index contributed by atoms with van der Waals surface area (Å²) in [5.74, 6) is 1.44. The highest BCUT2D eigenvalue weighted by atomic mass is 79.9. The molecule has 0 aliphatic carbocycles. The number of aromatic nitrogens is 1. The molecule has 0 atom stereocenters. The molecule has 0 bridgehead atoms. The van der Waals surface area contributed by atoms with E-state index in [4.69, 9.17) is 4.74 Å². The summed E-state index contributed by atoms with van der Waals surface area (Å²) in [6.07, 6.45) is 0.897. The number of halogens is 1. The van der Waals surface area contributed by atoms with E-state index in [1.54, 1.807) is 0 Å². The van der Waals surface area contributed by atoms with E-state index in [1.165, 1.54) is 5.56 Å². The molecule has 0 aliphatic heterocycles. The molecule has 0 amide bonds. The minimum Gasteiger partial charge on any atom is -0.439 e. The molecule has 1 aromatic heterocycles. The molecule has 1 heterocycles. The van der Waals surface area contributed by atoms with Crippen LogP contribution >= 0.6 is 15.9 Å². The van der Waals surface area contributed by atoms with Crippen molar-refractivity contribution in [3.05, 3.63) is 52.1 Å². The molecule has 0 unspecified atom stereocenters. The Labute approximate surface area is 122 Å². The van der Waals surface area contributed by atoms with E-state index in [0.29, 0.717) is 5.88 Å². The number of hydrogen-bond acceptors (Lipinski definition) is 3. The molecule has 4 heteroatoms. The smallest absolute Gasteiger partial charge is 0.219 e. The summed E-state index contributed by atoms with van der Waals surface area (Å²) in [6, 6.07) is 11.8. The molecular weight excluding hydrogens is 304 g/mol. The molecule has 0 saturated heterocycles. The van der Waals surface area contributed by atoms with Gasteiger partial charge in [-0.05, 0) is 49.4 Å². The molecule has 2 rings (SSSR count). The Hall–Kier alpha value is -1.39. The third kappa shape index (κ3) is 4.04. The topological polar surface area (TPSA) is 34.1 Å². The number of nitrogens with one attached hydrogen (secondary N) is 1. The van der Waals surface area contributed by atoms with E-state index in [0.717, 1.165) is 28.9 Å². The second-order valence-corrected chi connectivity index (χ2v) is 5.16. The van der Waals surface area contributed by atoms with E-state index >= 15 is 0 Å². The summed E-state index contributed by atoms with van der Waals surface area (Å²) < 4.78 is 6.84. The van der Waals surface area contributed by atoms with Gasteiger partial charge in [-0.3, -0.25) is 0 Å². The second-order valence-electron chi connectivity index (χ2n) is 4.24. The van der Waals surface area contributed by atoms with Crippen molar-refractivity contribution in [1.82, 2.24) is 10.3 Å². The highest BCUT2D eigenvalue weighted by Gasteiger charge is 2.04. The van der Waals surface area contributed by atoms with Gasteiger partial charge in [0.25, 0.3) is 0 Å². The molecule has 0 spiro atoms. The van der Waals surface area contributed by atoms with Crippen LogP contribution in [0.15, 0.2) is 40.9 Å². The van der Waals surface area contributed by atoms with Gasteiger partial charge in [0.05, 0.1) is 0 Å². The first kappa shape index (κ1) is 14.0. The summed E-state index contributed by atoms with van der Waals surface area (Å²) in [6.45, 7) is 2.90. The average Bonchev–Trinajstić information content (AvgIpc) is 2.41. The van der Waals surface area contributed by atoms with E-state index in [2.05, 4.69) is 39.2 Å². The third-order valence-electron chi connectivity index (χ3n) is 2.69. The molecule has 100 valence electrons. The molecule has 0 fully saturated rings. The quantitative estimate of drug-likeness (QED) is 0.906. The molecule has 1 aromatic carbocycles. The van der Waals surface area contributed by atoms with Crippen molar-refractivity contribution in [2.24, 2.45) is 0 Å². The summed E-state index contributed by atoms with van der Waals surface area (Å²) in [5, 5.41) is 3.14. The number of aryl methyl sites for hydroxylation is 1. The van der Waals surface area contributed by atoms with Crippen molar-refractivity contribution in [2.75, 3.05) is 7.05 Å². The zero-order valence-electron chi connectivity index (χ0n) is 11.1. The normalized spacial score (nSPS) is 10.5. The summed E-state index contributed by atoms with van der Waals surface area (Å²) >= 11 is 3.41. The standard InChI is InChI=1S/C15H17BrN2O/c1-3-13-8-11(10-17-2)9-15(18-13)19-14-6-4-12(16)5-7-14/h4-9,17H,3,10H2,1-2H3. The Kier molecular flexibility index (Phi) is 4.93. The van der Waals surface area contributed by atoms with Crippen molar-refractivity contribution in [2.45, 2.75) is 19.9 Å². The molecule has 2 aromatic rings. The SMILES string of the molecule is CCc1cc(CNC)cc(Oc2ccc(Br)cc2)n1. The van der Waals surface area contributed by atoms with Crippen molar-refractivity contribution in [3.63, 3.8) is 0 Å². The largest absolute Gasteiger partial charge is 0.439 e. The van der Waals surface area contributed by atoms with Crippen molar-refractivity contribution in [3.8, 4) is 11.6 Å². The van der Waals surface area contributed by atoms with Gasteiger partial charge in [-0.1, -0.05) is 22.9 Å². The van der Waals surface area contributed by atoms with Crippen LogP contribution in [0.2, 0.25) is 0 Å². The number of benzene rings is 1. The minimum absolute atomic E-state index is 0.645. The molecule has 3 nitrogen and oxygen atoms in total. The van der Waals surface area contributed by atoms with Crippen molar-refractivity contribution in [1.29, 1.82) is 0 Å². The lowest BCUT2D eigenvalue weighted by Crippen LogP contribution is -2.06. The van der Waals surface area contributed by atoms with Gasteiger partial charge in [0.15, 0.2) is 0 Å². The maximum atomic E-state index is 5.80. The Morgan fingerprint density at radius 2 is 1.95 bits per heavy atom. The van der Waals surface area contributed by atoms with Crippen LogP contribution in [-0.4, -0.2) is 12.0 Å². The third-order valence-corrected chi connectivity index (χ3v) is 3.22. The van der Waals surface area contributed by atoms with Gasteiger partial charge in [0.1, 0.15) is 5.75 Å². The van der Waals surface area contributed by atoms with Gasteiger partial charge in [-0.15, -0.1) is 0 Å². The maximum Gasteiger partial charge on any atom is 0.219 e. The van der Waals surface area contributed by atoms with Gasteiger partial charge in [-0.2, -0.15) is 0 Å². The molecule has 0 aliphatic rings. The van der Waals surface area contributed by atoms with Crippen LogP contribution in [0.5, 0.6) is 11.6 Å². The average molecular weight is 321 g/mol. The van der Waals surface area contributed by atoms with Crippen LogP contribution in [-0.2, 0) is 13.0 Å². The lowest BCUT2D eigenvalue weighted by atomic mass is 10.2. The number of nitrogens with zero attached hydrogens (tertiary/aromatic N) is 1. The van der Waals surface area contributed by atoms with Gasteiger partial charge in [0, 0.05) is 22.8 Å². The van der Waals surface area contributed by atoms with Crippen LogP contribution < -0.4 is 10.1 Å². The first-order chi connectivity index (χ1) is 9.21. The lowest BCUT2D eigenvalue weighted by Gasteiger charge is -2.09. The van der Waals surface area contributed by atoms with Crippen LogP contribution in [0.1, 0.15) is 18.2 Å². The first-order valence-electron chi connectivity index (χ1n) is 6.29. The highest BCUT2D eigenvalue weighted by Crippen LogP contribution is 2.23. The molecule has 1 N–H and O–H groups in total. The Balaban J connectivity index is 2.23. The van der Waals surface area contributed by atoms with Gasteiger partial charge >= 0.3 is 0 Å². The number of hydrogen-bond donors (Lipinski definition) is 1. The minimum atomic E-state index is 0.645. The number of ether oxygens (including phenoxy) is 1. The predicted molar refractivity (Wildman–Crippen MR) is 80.6 cm³/mol. The fourth-order valence-electron chi connectivity index (χ4n) is 1.78. The number of rotatable bonds is 5. The summed E-state index contributed by atoms with van der Waals surface area (Å²) in [4.78, 5) is 4.49. The van der Waals surface area contributed by atoms with Crippen LogP contribution in [0.3, 0.4) is 0 Å². The molecular formula is C15H17BrN2O. The van der Waals surface area contributed by atoms with Crippen molar-refractivity contribution < 1.29 is 4.74 Å². The zero-order chi connectivity index (χ0) is 13.7. The highest BCUT2D eigenvalue weighted by molar-refractivity contribution is 9.10. The first-order valence-corrected chi connectivity index (χ1v) is 7.08. The predicted octanol–water partition coefficient (Wildman–Crippen LogP) is 3.92. The van der Waals surface area contributed by atoms with E-state index < -0.39 is 0 Å². The monoisotopic (exact) mass is 320 g/mol. The Morgan fingerprint density at radius 1 is 1.21 bits per heavy atom. The molecule has 19 heavy (non-hydrogen) atoms. The van der Waals surface area contributed by atoms with E-state index in [-0.39, 0.29) is 0 Å². The fraction of sp³-hybridized carbons (Fsp3) is 0.267. The van der Waals surface area contributed by atoms with Gasteiger partial charge in [0.2, 0.25) is 5.88 Å². The van der Waals surface area contributed by atoms with Crippen LogP contribution in [0.4, 0.5) is 0 Å². The molecule has 0 radical (unpaired) electrons. The van der Waals surface area contributed by atoms with E-state index in [9.17, 15) is 0 Å². The number of pyridine rings is 1. The lowest BCUT2D eigenvalue weighted by molar-refractivity contribution is 0.459. The second kappa shape index (κ2) is 6.68. The fourth-order valence-corrected chi connectivity index (χ4v) is 2.05. The Morgan fingerprint density at radius 3 is 2.58 bits per heavy atom. The van der Waals surface area contributed by atoms with Gasteiger partial charge in [-0.25, -0.2) is 4.98 Å². The zero-order valence-corrected chi connectivity index (χ0v) is 12.7. The van der Waals surface area contributed by atoms with Crippen LogP contribution in [0.25, 0.3) is 0 Å². The Bertz CT molecular complexity index is 540. The van der Waals surface area contributed by atoms with Crippen molar-refractivity contribution >= 4 is 15.9 Å². The van der Waals surface area contributed by atoms with Gasteiger partial charge < -0.3 is 10.1 Å².